The number of para-hydroxylation sites is 1. The number of pyridine rings is 1. The van der Waals surface area contributed by atoms with E-state index >= 15 is 0 Å². The Bertz CT molecular complexity index is 905. The summed E-state index contributed by atoms with van der Waals surface area (Å²) < 4.78 is 2.08. The van der Waals surface area contributed by atoms with Crippen molar-refractivity contribution in [3.8, 4) is 0 Å². The molecule has 1 amide bonds. The topological polar surface area (TPSA) is 46.9 Å². The molecule has 3 aromatic rings. The minimum atomic E-state index is -0.103. The number of benzene rings is 1. The number of amides is 1. The summed E-state index contributed by atoms with van der Waals surface area (Å²) in [5, 5.41) is 4.00. The van der Waals surface area contributed by atoms with E-state index in [1.54, 1.807) is 6.20 Å². The van der Waals surface area contributed by atoms with E-state index in [0.29, 0.717) is 11.3 Å². The third kappa shape index (κ3) is 1.76. The van der Waals surface area contributed by atoms with Crippen molar-refractivity contribution in [3.05, 3.63) is 60.0 Å². The van der Waals surface area contributed by atoms with Gasteiger partial charge in [0.05, 0.1) is 17.0 Å². The molecule has 21 heavy (non-hydrogen) atoms. The lowest BCUT2D eigenvalue weighted by Crippen LogP contribution is -2.04. The molecule has 0 unspecified atom stereocenters. The van der Waals surface area contributed by atoms with Crippen LogP contribution in [0.3, 0.4) is 0 Å². The highest BCUT2D eigenvalue weighted by molar-refractivity contribution is 6.34. The van der Waals surface area contributed by atoms with Crippen molar-refractivity contribution >= 4 is 34.1 Å². The van der Waals surface area contributed by atoms with Gasteiger partial charge in [0.15, 0.2) is 0 Å². The fourth-order valence-electron chi connectivity index (χ4n) is 2.75. The molecular weight excluding hydrogens is 262 g/mol. The fourth-order valence-corrected chi connectivity index (χ4v) is 2.75. The van der Waals surface area contributed by atoms with Crippen LogP contribution in [0.2, 0.25) is 0 Å². The molecule has 0 fully saturated rings. The van der Waals surface area contributed by atoms with E-state index in [9.17, 15) is 4.79 Å². The first-order chi connectivity index (χ1) is 10.2. The number of anilines is 1. The predicted molar refractivity (Wildman–Crippen MR) is 83.7 cm³/mol. The quantitative estimate of drug-likeness (QED) is 0.694. The molecule has 102 valence electrons. The molecule has 4 nitrogen and oxygen atoms in total. The third-order valence-electron chi connectivity index (χ3n) is 3.84. The number of rotatable bonds is 1. The minimum absolute atomic E-state index is 0.103. The zero-order valence-corrected chi connectivity index (χ0v) is 11.5. The van der Waals surface area contributed by atoms with Gasteiger partial charge in [-0.05, 0) is 30.3 Å². The van der Waals surface area contributed by atoms with Gasteiger partial charge in [0, 0.05) is 29.8 Å². The molecule has 2 aromatic heterocycles. The molecule has 0 saturated heterocycles. The van der Waals surface area contributed by atoms with E-state index < -0.39 is 0 Å². The lowest BCUT2D eigenvalue weighted by atomic mass is 10.1. The molecule has 0 atom stereocenters. The number of nitrogens with one attached hydrogen (secondary N) is 1. The second kappa shape index (κ2) is 4.31. The highest BCUT2D eigenvalue weighted by Gasteiger charge is 2.25. The number of fused-ring (bicyclic) bond motifs is 2. The molecule has 1 aliphatic rings. The summed E-state index contributed by atoms with van der Waals surface area (Å²) in [6, 6.07) is 13.9. The van der Waals surface area contributed by atoms with Crippen LogP contribution in [0.25, 0.3) is 22.6 Å². The SMILES string of the molecule is Cn1c(C=C2C(=O)Nc3cccnc32)cc2ccccc21. The second-order valence-corrected chi connectivity index (χ2v) is 5.10. The number of aryl methyl sites for hydroxylation is 1. The monoisotopic (exact) mass is 275 g/mol. The maximum Gasteiger partial charge on any atom is 0.258 e. The van der Waals surface area contributed by atoms with Crippen LogP contribution in [0.4, 0.5) is 5.69 Å². The Morgan fingerprint density at radius 1 is 1.19 bits per heavy atom. The van der Waals surface area contributed by atoms with Gasteiger partial charge in [0.25, 0.3) is 5.91 Å². The number of aromatic nitrogens is 2. The van der Waals surface area contributed by atoms with Crippen LogP contribution in [0.5, 0.6) is 0 Å². The van der Waals surface area contributed by atoms with Gasteiger partial charge in [-0.1, -0.05) is 18.2 Å². The van der Waals surface area contributed by atoms with Crippen molar-refractivity contribution < 1.29 is 4.79 Å². The number of nitrogens with zero attached hydrogens (tertiary/aromatic N) is 2. The molecular formula is C17H13N3O. The maximum atomic E-state index is 12.1. The number of carbonyl (C=O) groups is 1. The molecule has 0 aliphatic carbocycles. The van der Waals surface area contributed by atoms with E-state index in [0.717, 1.165) is 22.3 Å². The Labute approximate surface area is 121 Å². The van der Waals surface area contributed by atoms with Gasteiger partial charge < -0.3 is 9.88 Å². The first-order valence-electron chi connectivity index (χ1n) is 6.77. The summed E-state index contributed by atoms with van der Waals surface area (Å²) in [7, 11) is 2.00. The zero-order valence-electron chi connectivity index (χ0n) is 11.5. The predicted octanol–water partition coefficient (Wildman–Crippen LogP) is 3.07. The van der Waals surface area contributed by atoms with Crippen LogP contribution in [0.15, 0.2) is 48.7 Å². The van der Waals surface area contributed by atoms with Gasteiger partial charge >= 0.3 is 0 Å². The molecule has 0 radical (unpaired) electrons. The van der Waals surface area contributed by atoms with Gasteiger partial charge in [-0.2, -0.15) is 0 Å². The van der Waals surface area contributed by atoms with Gasteiger partial charge in [0.2, 0.25) is 0 Å². The fraction of sp³-hybridized carbons (Fsp3) is 0.0588. The normalized spacial score (nSPS) is 15.5. The molecule has 4 heteroatoms. The van der Waals surface area contributed by atoms with Crippen molar-refractivity contribution in [3.63, 3.8) is 0 Å². The molecule has 1 aliphatic heterocycles. The highest BCUT2D eigenvalue weighted by atomic mass is 16.2. The summed E-state index contributed by atoms with van der Waals surface area (Å²) >= 11 is 0. The van der Waals surface area contributed by atoms with E-state index in [1.165, 1.54) is 0 Å². The summed E-state index contributed by atoms with van der Waals surface area (Å²) in [6.07, 6.45) is 3.60. The van der Waals surface area contributed by atoms with Crippen molar-refractivity contribution in [1.29, 1.82) is 0 Å². The molecule has 0 spiro atoms. The Kier molecular flexibility index (Phi) is 2.44. The zero-order chi connectivity index (χ0) is 14.4. The Morgan fingerprint density at radius 2 is 2.05 bits per heavy atom. The minimum Gasteiger partial charge on any atom is -0.344 e. The first kappa shape index (κ1) is 11.9. The lowest BCUT2D eigenvalue weighted by molar-refractivity contribution is -0.110. The van der Waals surface area contributed by atoms with E-state index in [4.69, 9.17) is 0 Å². The molecule has 4 rings (SSSR count). The van der Waals surface area contributed by atoms with Crippen LogP contribution in [-0.4, -0.2) is 15.5 Å². The average molecular weight is 275 g/mol. The number of hydrogen-bond donors (Lipinski definition) is 1. The van der Waals surface area contributed by atoms with Gasteiger partial charge in [-0.15, -0.1) is 0 Å². The van der Waals surface area contributed by atoms with Gasteiger partial charge in [-0.3, -0.25) is 9.78 Å². The Hall–Kier alpha value is -2.88. The van der Waals surface area contributed by atoms with E-state index in [-0.39, 0.29) is 5.91 Å². The first-order valence-corrected chi connectivity index (χ1v) is 6.77. The van der Waals surface area contributed by atoms with Crippen LogP contribution < -0.4 is 5.32 Å². The number of hydrogen-bond acceptors (Lipinski definition) is 2. The molecule has 1 N–H and O–H groups in total. The lowest BCUT2D eigenvalue weighted by Gasteiger charge is -2.00. The highest BCUT2D eigenvalue weighted by Crippen LogP contribution is 2.31. The summed E-state index contributed by atoms with van der Waals surface area (Å²) in [4.78, 5) is 16.4. The molecule has 3 heterocycles. The second-order valence-electron chi connectivity index (χ2n) is 5.10. The van der Waals surface area contributed by atoms with Crippen LogP contribution >= 0.6 is 0 Å². The van der Waals surface area contributed by atoms with E-state index in [2.05, 4.69) is 33.1 Å². The van der Waals surface area contributed by atoms with Crippen LogP contribution in [0, 0.1) is 0 Å². The van der Waals surface area contributed by atoms with Crippen LogP contribution in [0.1, 0.15) is 11.4 Å². The summed E-state index contributed by atoms with van der Waals surface area (Å²) in [5.41, 5.74) is 4.22. The average Bonchev–Trinajstić information content (AvgIpc) is 2.99. The Balaban J connectivity index is 1.91. The third-order valence-corrected chi connectivity index (χ3v) is 3.84. The number of carbonyl (C=O) groups excluding carboxylic acids is 1. The standard InChI is InChI=1S/C17H13N3O/c1-20-12(9-11-5-2-3-7-15(11)20)10-13-16-14(19-17(13)21)6-4-8-18-16/h2-10H,1H3,(H,19,21). The van der Waals surface area contributed by atoms with Gasteiger partial charge in [-0.25, -0.2) is 0 Å². The maximum absolute atomic E-state index is 12.1. The molecule has 0 bridgehead atoms. The summed E-state index contributed by atoms with van der Waals surface area (Å²) in [6.45, 7) is 0. The molecule has 0 saturated carbocycles. The van der Waals surface area contributed by atoms with Crippen molar-refractivity contribution in [2.75, 3.05) is 5.32 Å². The van der Waals surface area contributed by atoms with Crippen LogP contribution in [-0.2, 0) is 11.8 Å². The molecule has 1 aromatic carbocycles. The van der Waals surface area contributed by atoms with Gasteiger partial charge in [0.1, 0.15) is 0 Å². The smallest absolute Gasteiger partial charge is 0.258 e. The van der Waals surface area contributed by atoms with E-state index in [1.807, 2.05) is 37.4 Å². The van der Waals surface area contributed by atoms with Crippen molar-refractivity contribution in [2.45, 2.75) is 0 Å². The van der Waals surface area contributed by atoms with Crippen molar-refractivity contribution in [1.82, 2.24) is 9.55 Å². The largest absolute Gasteiger partial charge is 0.344 e. The summed E-state index contributed by atoms with van der Waals surface area (Å²) in [5.74, 6) is -0.103. The Morgan fingerprint density at radius 3 is 2.90 bits per heavy atom. The van der Waals surface area contributed by atoms with Crippen molar-refractivity contribution in [2.24, 2.45) is 7.05 Å².